The van der Waals surface area contributed by atoms with Gasteiger partial charge in [-0.3, -0.25) is 9.56 Å². The lowest BCUT2D eigenvalue weighted by Gasteiger charge is -2.25. The molecule has 3 rings (SSSR count). The summed E-state index contributed by atoms with van der Waals surface area (Å²) in [4.78, 5) is 21.0. The van der Waals surface area contributed by atoms with Gasteiger partial charge in [0, 0.05) is 31.4 Å². The van der Waals surface area contributed by atoms with E-state index in [4.69, 9.17) is 11.5 Å². The molecule has 8 heteroatoms. The number of hydrogen-bond donors (Lipinski definition) is 4. The van der Waals surface area contributed by atoms with Crippen LogP contribution < -0.4 is 27.8 Å². The molecule has 1 fully saturated rings. The lowest BCUT2D eigenvalue weighted by atomic mass is 9.87. The van der Waals surface area contributed by atoms with Gasteiger partial charge in [0.15, 0.2) is 5.96 Å². The van der Waals surface area contributed by atoms with Crippen LogP contribution in [-0.2, 0) is 6.54 Å². The predicted octanol–water partition coefficient (Wildman–Crippen LogP) is 2.48. The third-order valence-corrected chi connectivity index (χ3v) is 6.21. The second-order valence-electron chi connectivity index (χ2n) is 8.95. The van der Waals surface area contributed by atoms with Crippen molar-refractivity contribution in [3.8, 4) is 5.69 Å². The number of nitrogens with two attached hydrogens (primary N) is 2. The standard InChI is InChI=1S/C26H39N7O/c1-3-6-21(22-7-4-12-30-17-22)15-23-18-33(26(34)32-19(23)2)24-10-8-20(9-11-24)16-29-13-5-14-31-25(27)28/h8-11,15,18,22,29-30H,3-7,12-14,16-17H2,1-2H3,(H4,27,28,31)/b21-15+. The van der Waals surface area contributed by atoms with Gasteiger partial charge in [-0.2, -0.15) is 4.98 Å². The monoisotopic (exact) mass is 465 g/mol. The summed E-state index contributed by atoms with van der Waals surface area (Å²) < 4.78 is 1.65. The Morgan fingerprint density at radius 2 is 2.12 bits per heavy atom. The van der Waals surface area contributed by atoms with Gasteiger partial charge in [-0.25, -0.2) is 4.79 Å². The van der Waals surface area contributed by atoms with Crippen molar-refractivity contribution in [2.75, 3.05) is 26.2 Å². The molecule has 1 aliphatic heterocycles. The lowest BCUT2D eigenvalue weighted by Crippen LogP contribution is -2.30. The average molecular weight is 466 g/mol. The van der Waals surface area contributed by atoms with Gasteiger partial charge in [0.1, 0.15) is 0 Å². The first-order valence-electron chi connectivity index (χ1n) is 12.3. The van der Waals surface area contributed by atoms with Crippen LogP contribution in [0.15, 0.2) is 45.8 Å². The van der Waals surface area contributed by atoms with E-state index in [0.717, 1.165) is 67.9 Å². The van der Waals surface area contributed by atoms with Crippen molar-refractivity contribution in [3.63, 3.8) is 0 Å². The Kier molecular flexibility index (Phi) is 9.85. The number of aliphatic imine (C=N–C) groups is 1. The molecule has 0 aliphatic carbocycles. The molecule has 0 amide bonds. The maximum absolute atomic E-state index is 12.7. The van der Waals surface area contributed by atoms with E-state index in [1.807, 2.05) is 37.4 Å². The molecule has 1 aliphatic rings. The van der Waals surface area contributed by atoms with Gasteiger partial charge in [-0.1, -0.05) is 37.1 Å². The number of guanidine groups is 1. The molecule has 1 saturated heterocycles. The molecule has 8 nitrogen and oxygen atoms in total. The number of rotatable bonds is 11. The van der Waals surface area contributed by atoms with Crippen LogP contribution in [-0.4, -0.2) is 41.7 Å². The van der Waals surface area contributed by atoms with E-state index < -0.39 is 0 Å². The fourth-order valence-corrected chi connectivity index (χ4v) is 4.35. The van der Waals surface area contributed by atoms with Crippen LogP contribution in [0.25, 0.3) is 11.8 Å². The Hall–Kier alpha value is -2.97. The van der Waals surface area contributed by atoms with Crippen molar-refractivity contribution in [3.05, 3.63) is 63.3 Å². The minimum Gasteiger partial charge on any atom is -0.370 e. The second kappa shape index (κ2) is 13.1. The van der Waals surface area contributed by atoms with Crippen LogP contribution in [0, 0.1) is 12.8 Å². The van der Waals surface area contributed by atoms with Gasteiger partial charge >= 0.3 is 5.69 Å². The fraction of sp³-hybridized carbons (Fsp3) is 0.500. The smallest absolute Gasteiger partial charge is 0.352 e. The Balaban J connectivity index is 1.72. The first-order valence-corrected chi connectivity index (χ1v) is 12.3. The van der Waals surface area contributed by atoms with E-state index >= 15 is 0 Å². The van der Waals surface area contributed by atoms with E-state index in [9.17, 15) is 4.79 Å². The normalized spacial score (nSPS) is 16.4. The summed E-state index contributed by atoms with van der Waals surface area (Å²) >= 11 is 0. The van der Waals surface area contributed by atoms with E-state index in [2.05, 4.69) is 33.6 Å². The minimum absolute atomic E-state index is 0.127. The van der Waals surface area contributed by atoms with Crippen molar-refractivity contribution in [1.29, 1.82) is 0 Å². The first kappa shape index (κ1) is 25.6. The van der Waals surface area contributed by atoms with Crippen LogP contribution >= 0.6 is 0 Å². The Bertz CT molecular complexity index is 1030. The average Bonchev–Trinajstić information content (AvgIpc) is 2.83. The number of nitrogens with one attached hydrogen (secondary N) is 2. The summed E-state index contributed by atoms with van der Waals surface area (Å²) in [7, 11) is 0. The predicted molar refractivity (Wildman–Crippen MR) is 140 cm³/mol. The zero-order valence-corrected chi connectivity index (χ0v) is 20.5. The molecular formula is C26H39N7O. The molecule has 0 bridgehead atoms. The molecule has 1 atom stereocenters. The van der Waals surface area contributed by atoms with Gasteiger partial charge < -0.3 is 22.1 Å². The van der Waals surface area contributed by atoms with Gasteiger partial charge in [0.2, 0.25) is 0 Å². The van der Waals surface area contributed by atoms with E-state index in [0.29, 0.717) is 12.5 Å². The third kappa shape index (κ3) is 7.53. The highest BCUT2D eigenvalue weighted by Gasteiger charge is 2.17. The second-order valence-corrected chi connectivity index (χ2v) is 8.95. The van der Waals surface area contributed by atoms with Crippen LogP contribution in [0.1, 0.15) is 55.8 Å². The number of nitrogens with zero attached hydrogens (tertiary/aromatic N) is 3. The summed E-state index contributed by atoms with van der Waals surface area (Å²) in [6.07, 6.45) is 9.67. The SMILES string of the molecule is CCC/C(=C\c1cn(-c2ccc(CNCCCN=C(N)N)cc2)c(=O)nc1C)C1CCCNC1. The van der Waals surface area contributed by atoms with Gasteiger partial charge in [-0.05, 0) is 69.3 Å². The van der Waals surface area contributed by atoms with Crippen molar-refractivity contribution in [2.45, 2.75) is 52.5 Å². The Morgan fingerprint density at radius 3 is 2.79 bits per heavy atom. The summed E-state index contributed by atoms with van der Waals surface area (Å²) in [5.74, 6) is 0.683. The molecule has 0 saturated carbocycles. The zero-order chi connectivity index (χ0) is 24.3. The van der Waals surface area contributed by atoms with Crippen LogP contribution in [0.3, 0.4) is 0 Å². The van der Waals surface area contributed by atoms with Gasteiger partial charge in [0.25, 0.3) is 0 Å². The summed E-state index contributed by atoms with van der Waals surface area (Å²) in [5.41, 5.74) is 15.6. The van der Waals surface area contributed by atoms with Crippen molar-refractivity contribution in [2.24, 2.45) is 22.4 Å². The summed E-state index contributed by atoms with van der Waals surface area (Å²) in [6.45, 7) is 8.45. The van der Waals surface area contributed by atoms with E-state index in [1.165, 1.54) is 18.4 Å². The molecule has 2 aromatic rings. The highest BCUT2D eigenvalue weighted by molar-refractivity contribution is 5.75. The largest absolute Gasteiger partial charge is 0.370 e. The number of hydrogen-bond acceptors (Lipinski definition) is 5. The van der Waals surface area contributed by atoms with Crippen LogP contribution in [0.2, 0.25) is 0 Å². The summed E-state index contributed by atoms with van der Waals surface area (Å²) in [6, 6.07) is 8.02. The topological polar surface area (TPSA) is 123 Å². The van der Waals surface area contributed by atoms with E-state index in [-0.39, 0.29) is 11.6 Å². The molecule has 184 valence electrons. The van der Waals surface area contributed by atoms with Crippen molar-refractivity contribution >= 4 is 12.0 Å². The van der Waals surface area contributed by atoms with Crippen LogP contribution in [0.5, 0.6) is 0 Å². The van der Waals surface area contributed by atoms with Crippen molar-refractivity contribution < 1.29 is 0 Å². The maximum Gasteiger partial charge on any atom is 0.352 e. The molecule has 0 radical (unpaired) electrons. The quantitative estimate of drug-likeness (QED) is 0.230. The third-order valence-electron chi connectivity index (χ3n) is 6.21. The molecule has 1 aromatic heterocycles. The highest BCUT2D eigenvalue weighted by Crippen LogP contribution is 2.26. The molecule has 0 spiro atoms. The number of aromatic nitrogens is 2. The van der Waals surface area contributed by atoms with Crippen molar-refractivity contribution in [1.82, 2.24) is 20.2 Å². The molecular weight excluding hydrogens is 426 g/mol. The molecule has 6 N–H and O–H groups in total. The van der Waals surface area contributed by atoms with Crippen LogP contribution in [0.4, 0.5) is 0 Å². The Morgan fingerprint density at radius 1 is 1.32 bits per heavy atom. The first-order chi connectivity index (χ1) is 16.5. The lowest BCUT2D eigenvalue weighted by molar-refractivity contribution is 0.415. The zero-order valence-electron chi connectivity index (χ0n) is 20.5. The number of benzene rings is 1. The molecule has 1 unspecified atom stereocenters. The number of piperidine rings is 1. The number of aryl methyl sites for hydroxylation is 1. The molecule has 2 heterocycles. The summed E-state index contributed by atoms with van der Waals surface area (Å²) in [5, 5.41) is 6.90. The molecule has 1 aromatic carbocycles. The van der Waals surface area contributed by atoms with E-state index in [1.54, 1.807) is 4.57 Å². The molecule has 34 heavy (non-hydrogen) atoms. The minimum atomic E-state index is -0.253. The maximum atomic E-state index is 12.7. The fourth-order valence-electron chi connectivity index (χ4n) is 4.35. The van der Waals surface area contributed by atoms with Gasteiger partial charge in [-0.15, -0.1) is 0 Å². The highest BCUT2D eigenvalue weighted by atomic mass is 16.1. The Labute approximate surface area is 202 Å². The van der Waals surface area contributed by atoms with Gasteiger partial charge in [0.05, 0.1) is 11.4 Å².